The fourth-order valence-electron chi connectivity index (χ4n) is 8.80. The molecule has 2 aliphatic carbocycles. The Hall–Kier alpha value is -5.62. The number of nitrogens with zero attached hydrogens (tertiary/aromatic N) is 4. The van der Waals surface area contributed by atoms with Gasteiger partial charge in [-0.1, -0.05) is 97.1 Å². The molecular formula is C45H50N6O5S. The predicted octanol–water partition coefficient (Wildman–Crippen LogP) is 8.58. The van der Waals surface area contributed by atoms with Gasteiger partial charge in [-0.25, -0.2) is 27.6 Å². The molecule has 0 radical (unpaired) electrons. The van der Waals surface area contributed by atoms with E-state index in [2.05, 4.69) is 16.5 Å². The van der Waals surface area contributed by atoms with E-state index < -0.39 is 33.2 Å². The normalized spacial score (nSPS) is 17.0. The number of hydrogen-bond acceptors (Lipinski definition) is 7. The number of fused-ring (bicyclic) bond motifs is 3. The van der Waals surface area contributed by atoms with E-state index in [0.29, 0.717) is 29.8 Å². The summed E-state index contributed by atoms with van der Waals surface area (Å²) in [6, 6.07) is 30.3. The van der Waals surface area contributed by atoms with Crippen molar-refractivity contribution in [2.45, 2.75) is 81.9 Å². The van der Waals surface area contributed by atoms with Crippen LogP contribution < -0.4 is 10.1 Å². The van der Waals surface area contributed by atoms with Crippen molar-refractivity contribution in [3.63, 3.8) is 0 Å². The van der Waals surface area contributed by atoms with Gasteiger partial charge in [0.25, 0.3) is 0 Å². The number of amides is 3. The number of carbonyl (C=O) groups excluding carboxylic acids is 2. The Morgan fingerprint density at radius 1 is 0.877 bits per heavy atom. The highest BCUT2D eigenvalue weighted by Crippen LogP contribution is 2.48. The van der Waals surface area contributed by atoms with E-state index in [9.17, 15) is 9.57 Å². The Balaban J connectivity index is 1.28. The summed E-state index contributed by atoms with van der Waals surface area (Å²) >= 11 is 0. The molecule has 8 rings (SSSR count). The maximum absolute atomic E-state index is 16.1. The van der Waals surface area contributed by atoms with Crippen molar-refractivity contribution in [1.29, 1.82) is 4.78 Å². The highest BCUT2D eigenvalue weighted by atomic mass is 32.2. The second-order valence-corrected chi connectivity index (χ2v) is 18.2. The van der Waals surface area contributed by atoms with Crippen LogP contribution in [0.3, 0.4) is 0 Å². The standard InChI is InChI=1S/C45H50N6O5S/c1-44(2,3)56-43(53)49(4)28-31-29-50-41(55-30-31)39(27-47-50)57(46,54)51(42(52)48-40-37-24-14-16-32(37)26-33-17-15-25-38(33)40)45(34-18-8-5-9-19-34,35-20-10-6-11-21-35)36-22-12-7-13-23-36/h5-13,18-23,26-27,31,46H,14-17,24-25,28-30H2,1-4H3,(H,48,52). The Morgan fingerprint density at radius 2 is 1.40 bits per heavy atom. The number of urea groups is 1. The summed E-state index contributed by atoms with van der Waals surface area (Å²) in [5.74, 6) is -0.00294. The molecule has 11 nitrogen and oxygen atoms in total. The molecule has 2 unspecified atom stereocenters. The van der Waals surface area contributed by atoms with Gasteiger partial charge in [-0.15, -0.1) is 0 Å². The van der Waals surface area contributed by atoms with E-state index in [1.165, 1.54) is 26.5 Å². The Bertz CT molecular complexity index is 2260. The molecule has 0 saturated carbocycles. The van der Waals surface area contributed by atoms with Crippen molar-refractivity contribution in [2.75, 3.05) is 25.5 Å². The number of aryl methyl sites for hydroxylation is 2. The van der Waals surface area contributed by atoms with Crippen molar-refractivity contribution in [1.82, 2.24) is 19.0 Å². The minimum absolute atomic E-state index is 0.00714. The van der Waals surface area contributed by atoms with Crippen LogP contribution in [0, 0.1) is 10.7 Å². The highest BCUT2D eigenvalue weighted by Gasteiger charge is 2.51. The van der Waals surface area contributed by atoms with Gasteiger partial charge in [0.2, 0.25) is 5.88 Å². The minimum atomic E-state index is -4.29. The topological polar surface area (TPSA) is 130 Å². The molecule has 0 saturated heterocycles. The zero-order valence-electron chi connectivity index (χ0n) is 33.0. The number of ether oxygens (including phenoxy) is 2. The third-order valence-corrected chi connectivity index (χ3v) is 13.0. The zero-order valence-corrected chi connectivity index (χ0v) is 33.8. The van der Waals surface area contributed by atoms with Crippen LogP contribution in [0.25, 0.3) is 0 Å². The van der Waals surface area contributed by atoms with Gasteiger partial charge in [-0.3, -0.25) is 0 Å². The lowest BCUT2D eigenvalue weighted by molar-refractivity contribution is 0.0232. The van der Waals surface area contributed by atoms with Gasteiger partial charge in [-0.2, -0.15) is 5.10 Å². The quantitative estimate of drug-likeness (QED) is 0.144. The van der Waals surface area contributed by atoms with Crippen LogP contribution in [0.5, 0.6) is 5.88 Å². The molecule has 1 aliphatic heterocycles. The maximum atomic E-state index is 16.1. The van der Waals surface area contributed by atoms with E-state index in [-0.39, 0.29) is 23.3 Å². The lowest BCUT2D eigenvalue weighted by Gasteiger charge is -2.45. The second-order valence-electron chi connectivity index (χ2n) is 16.3. The molecular weight excluding hydrogens is 737 g/mol. The largest absolute Gasteiger partial charge is 0.476 e. The number of aromatic nitrogens is 2. The molecule has 2 heterocycles. The first-order valence-corrected chi connectivity index (χ1v) is 21.3. The molecule has 0 bridgehead atoms. The van der Waals surface area contributed by atoms with E-state index in [1.807, 2.05) is 112 Å². The fourth-order valence-corrected chi connectivity index (χ4v) is 10.6. The molecule has 0 fully saturated rings. The molecule has 3 amide bonds. The average molecular weight is 787 g/mol. The zero-order chi connectivity index (χ0) is 40.0. The first kappa shape index (κ1) is 38.3. The molecule has 3 aliphatic rings. The van der Waals surface area contributed by atoms with E-state index in [4.69, 9.17) is 9.47 Å². The van der Waals surface area contributed by atoms with E-state index >= 15 is 9.00 Å². The van der Waals surface area contributed by atoms with Crippen LogP contribution in [-0.2, 0) is 52.4 Å². The Morgan fingerprint density at radius 3 is 1.91 bits per heavy atom. The summed E-state index contributed by atoms with van der Waals surface area (Å²) < 4.78 is 41.0. The average Bonchev–Trinajstić information content (AvgIpc) is 3.97. The van der Waals surface area contributed by atoms with Crippen molar-refractivity contribution >= 4 is 27.7 Å². The van der Waals surface area contributed by atoms with Crippen LogP contribution in [0.1, 0.15) is 72.6 Å². The van der Waals surface area contributed by atoms with Gasteiger partial charge in [0, 0.05) is 25.2 Å². The van der Waals surface area contributed by atoms with Gasteiger partial charge in [0.1, 0.15) is 16.0 Å². The second kappa shape index (κ2) is 15.0. The van der Waals surface area contributed by atoms with E-state index in [1.54, 1.807) is 11.7 Å². The molecule has 0 spiro atoms. The number of nitrogens with one attached hydrogen (secondary N) is 2. The molecule has 2 N–H and O–H groups in total. The first-order chi connectivity index (χ1) is 27.4. The van der Waals surface area contributed by atoms with Gasteiger partial charge >= 0.3 is 12.1 Å². The number of anilines is 1. The van der Waals surface area contributed by atoms with Crippen molar-refractivity contribution in [3.05, 3.63) is 142 Å². The van der Waals surface area contributed by atoms with Crippen LogP contribution in [0.15, 0.2) is 108 Å². The molecule has 1 aromatic heterocycles. The summed E-state index contributed by atoms with van der Waals surface area (Å²) in [5, 5.41) is 7.94. The molecule has 296 valence electrons. The molecule has 2 atom stereocenters. The maximum Gasteiger partial charge on any atom is 0.410 e. The third kappa shape index (κ3) is 7.04. The summed E-state index contributed by atoms with van der Waals surface area (Å²) in [6.07, 6.45) is 6.51. The van der Waals surface area contributed by atoms with Crippen molar-refractivity contribution in [3.8, 4) is 5.88 Å². The van der Waals surface area contributed by atoms with Crippen LogP contribution in [0.4, 0.5) is 15.3 Å². The van der Waals surface area contributed by atoms with Crippen molar-refractivity contribution in [2.24, 2.45) is 5.92 Å². The number of benzene rings is 4. The SMILES string of the molecule is CN(CC1COc2c(S(=N)(=O)N(C(=O)Nc3c4c(cc5c3CCC5)CCC4)C(c3ccccc3)(c3ccccc3)c3ccccc3)cnn2C1)C(=O)OC(C)(C)C. The summed E-state index contributed by atoms with van der Waals surface area (Å²) in [6.45, 7) is 6.32. The summed E-state index contributed by atoms with van der Waals surface area (Å²) in [4.78, 5) is 30.0. The Labute approximate surface area is 335 Å². The van der Waals surface area contributed by atoms with Gasteiger partial charge < -0.3 is 19.7 Å². The first-order valence-electron chi connectivity index (χ1n) is 19.7. The highest BCUT2D eigenvalue weighted by molar-refractivity contribution is 7.90. The van der Waals surface area contributed by atoms with Crippen LogP contribution in [0.2, 0.25) is 0 Å². The number of rotatable bonds is 9. The smallest absolute Gasteiger partial charge is 0.410 e. The number of hydrogen-bond donors (Lipinski definition) is 2. The van der Waals surface area contributed by atoms with Gasteiger partial charge in [-0.05, 0) is 98.2 Å². The molecule has 4 aromatic carbocycles. The predicted molar refractivity (Wildman–Crippen MR) is 220 cm³/mol. The van der Waals surface area contributed by atoms with Gasteiger partial charge in [0.05, 0.1) is 19.3 Å². The Kier molecular flexibility index (Phi) is 10.1. The van der Waals surface area contributed by atoms with Crippen LogP contribution in [-0.4, -0.2) is 61.1 Å². The minimum Gasteiger partial charge on any atom is -0.476 e. The summed E-state index contributed by atoms with van der Waals surface area (Å²) in [7, 11) is -2.62. The molecule has 12 heteroatoms. The van der Waals surface area contributed by atoms with E-state index in [0.717, 1.165) is 55.3 Å². The monoisotopic (exact) mass is 786 g/mol. The third-order valence-electron chi connectivity index (χ3n) is 11.2. The van der Waals surface area contributed by atoms with Crippen molar-refractivity contribution < 1.29 is 23.3 Å². The summed E-state index contributed by atoms with van der Waals surface area (Å²) in [5.41, 5.74) is 5.31. The fraction of sp³-hybridized carbons (Fsp3) is 0.356. The lowest BCUT2D eigenvalue weighted by atomic mass is 9.77. The molecule has 57 heavy (non-hydrogen) atoms. The van der Waals surface area contributed by atoms with Gasteiger partial charge in [0.15, 0.2) is 9.92 Å². The van der Waals surface area contributed by atoms with Crippen LogP contribution >= 0.6 is 0 Å². The molecule has 5 aromatic rings. The number of carbonyl (C=O) groups is 2. The lowest BCUT2D eigenvalue weighted by Crippen LogP contribution is -2.55.